The largest absolute Gasteiger partial charge is 0.338 e. The average molecular weight is 445 g/mol. The van der Waals surface area contributed by atoms with Crippen LogP contribution in [0.4, 0.5) is 0 Å². The summed E-state index contributed by atoms with van der Waals surface area (Å²) in [6, 6.07) is 14.4. The summed E-state index contributed by atoms with van der Waals surface area (Å²) in [6.07, 6.45) is 4.79. The van der Waals surface area contributed by atoms with Crippen molar-refractivity contribution in [2.24, 2.45) is 0 Å². The van der Waals surface area contributed by atoms with Crippen molar-refractivity contribution in [3.63, 3.8) is 0 Å². The fraction of sp³-hybridized carbons (Fsp3) is 0.348. The minimum atomic E-state index is -3.59. The van der Waals surface area contributed by atoms with Crippen molar-refractivity contribution < 1.29 is 13.2 Å². The Morgan fingerprint density at radius 1 is 1.10 bits per heavy atom. The van der Waals surface area contributed by atoms with Gasteiger partial charge in [0.05, 0.1) is 10.6 Å². The molecule has 0 spiro atoms. The zero-order valence-corrected chi connectivity index (χ0v) is 18.5. The fourth-order valence-corrected chi connectivity index (χ4v) is 5.88. The minimum Gasteiger partial charge on any atom is -0.338 e. The molecule has 1 amide bonds. The van der Waals surface area contributed by atoms with Crippen LogP contribution in [0.5, 0.6) is 0 Å². The average Bonchev–Trinajstić information content (AvgIpc) is 3.09. The molecule has 2 heterocycles. The number of sulfone groups is 1. The highest BCUT2D eigenvalue weighted by Gasteiger charge is 2.26. The highest BCUT2D eigenvalue weighted by molar-refractivity contribution is 7.90. The Bertz CT molecular complexity index is 1170. The zero-order chi connectivity index (χ0) is 21.3. The molecule has 4 rings (SSSR count). The van der Waals surface area contributed by atoms with Gasteiger partial charge < -0.3 is 9.47 Å². The van der Waals surface area contributed by atoms with E-state index < -0.39 is 9.84 Å². The predicted molar refractivity (Wildman–Crippen MR) is 119 cm³/mol. The molecule has 1 atom stereocenters. The normalized spacial score (nSPS) is 17.4. The van der Waals surface area contributed by atoms with E-state index in [0.717, 1.165) is 31.3 Å². The van der Waals surface area contributed by atoms with Crippen LogP contribution in [0.25, 0.3) is 10.9 Å². The lowest BCUT2D eigenvalue weighted by Crippen LogP contribution is -2.43. The van der Waals surface area contributed by atoms with Gasteiger partial charge in [-0.1, -0.05) is 41.9 Å². The van der Waals surface area contributed by atoms with Crippen molar-refractivity contribution in [1.82, 2.24) is 9.47 Å². The molecule has 0 bridgehead atoms. The van der Waals surface area contributed by atoms with E-state index in [1.165, 1.54) is 0 Å². The zero-order valence-electron chi connectivity index (χ0n) is 16.9. The topological polar surface area (TPSA) is 59.4 Å². The number of hydrogen-bond acceptors (Lipinski definition) is 3. The highest BCUT2D eigenvalue weighted by atomic mass is 35.5. The van der Waals surface area contributed by atoms with Crippen LogP contribution in [0.1, 0.15) is 31.7 Å². The number of rotatable bonds is 5. The van der Waals surface area contributed by atoms with Gasteiger partial charge in [-0.15, -0.1) is 0 Å². The highest BCUT2D eigenvalue weighted by Crippen LogP contribution is 2.29. The van der Waals surface area contributed by atoms with E-state index in [-0.39, 0.29) is 29.1 Å². The number of benzene rings is 2. The number of para-hydroxylation sites is 1. The van der Waals surface area contributed by atoms with Crippen LogP contribution in [-0.4, -0.2) is 36.4 Å². The second-order valence-electron chi connectivity index (χ2n) is 7.96. The fourth-order valence-electron chi connectivity index (χ4n) is 4.17. The maximum atomic E-state index is 13.2. The number of halogens is 1. The summed E-state index contributed by atoms with van der Waals surface area (Å²) in [5, 5.41) is 1.21. The minimum absolute atomic E-state index is 0.0320. The van der Waals surface area contributed by atoms with Crippen LogP contribution in [0.2, 0.25) is 5.02 Å². The molecule has 5 nitrogen and oxygen atoms in total. The summed E-state index contributed by atoms with van der Waals surface area (Å²) >= 11 is 5.92. The Morgan fingerprint density at radius 3 is 2.57 bits per heavy atom. The van der Waals surface area contributed by atoms with Crippen molar-refractivity contribution >= 4 is 38.2 Å². The van der Waals surface area contributed by atoms with Crippen LogP contribution in [0.3, 0.4) is 0 Å². The number of nitrogens with zero attached hydrogens (tertiary/aromatic N) is 2. The van der Waals surface area contributed by atoms with E-state index >= 15 is 0 Å². The lowest BCUT2D eigenvalue weighted by molar-refractivity contribution is -0.135. The van der Waals surface area contributed by atoms with E-state index in [0.29, 0.717) is 16.0 Å². The summed E-state index contributed by atoms with van der Waals surface area (Å²) in [7, 11) is -3.59. The Morgan fingerprint density at radius 2 is 1.83 bits per heavy atom. The Balaban J connectivity index is 1.66. The summed E-state index contributed by atoms with van der Waals surface area (Å²) in [5.74, 6) is -0.0838. The number of piperidine rings is 1. The van der Waals surface area contributed by atoms with Gasteiger partial charge in [0.15, 0.2) is 9.84 Å². The van der Waals surface area contributed by atoms with Gasteiger partial charge in [-0.3, -0.25) is 4.79 Å². The molecule has 7 heteroatoms. The van der Waals surface area contributed by atoms with Gasteiger partial charge in [0.1, 0.15) is 6.54 Å². The number of hydrogen-bond donors (Lipinski definition) is 0. The predicted octanol–water partition coefficient (Wildman–Crippen LogP) is 4.67. The molecule has 3 aromatic rings. The third-order valence-electron chi connectivity index (χ3n) is 5.79. The van der Waals surface area contributed by atoms with Crippen molar-refractivity contribution in [3.05, 3.63) is 65.3 Å². The SMILES string of the molecule is CC1CCCCN1C(=O)Cn1cc(S(=O)(=O)Cc2ccc(Cl)cc2)c2ccccc21. The first-order chi connectivity index (χ1) is 14.3. The van der Waals surface area contributed by atoms with Gasteiger partial charge in [-0.2, -0.15) is 0 Å². The van der Waals surface area contributed by atoms with E-state index in [2.05, 4.69) is 6.92 Å². The number of fused-ring (bicyclic) bond motifs is 1. The second-order valence-corrected chi connectivity index (χ2v) is 10.4. The number of carbonyl (C=O) groups excluding carboxylic acids is 1. The monoisotopic (exact) mass is 444 g/mol. The number of carbonyl (C=O) groups is 1. The molecule has 0 N–H and O–H groups in total. The molecular formula is C23H25ClN2O3S. The number of likely N-dealkylation sites (tertiary alicyclic amines) is 1. The van der Waals surface area contributed by atoms with Gasteiger partial charge in [-0.05, 0) is 49.9 Å². The summed E-state index contributed by atoms with van der Waals surface area (Å²) in [5.41, 5.74) is 1.43. The van der Waals surface area contributed by atoms with Crippen LogP contribution in [0, 0.1) is 0 Å². The van der Waals surface area contributed by atoms with Crippen molar-refractivity contribution in [2.75, 3.05) is 6.54 Å². The Kier molecular flexibility index (Phi) is 5.89. The van der Waals surface area contributed by atoms with E-state index in [1.807, 2.05) is 23.1 Å². The van der Waals surface area contributed by atoms with E-state index in [4.69, 9.17) is 11.6 Å². The molecule has 0 aliphatic carbocycles. The van der Waals surface area contributed by atoms with E-state index in [1.54, 1.807) is 41.1 Å². The van der Waals surface area contributed by atoms with Gasteiger partial charge in [-0.25, -0.2) is 8.42 Å². The first kappa shape index (κ1) is 20.9. The van der Waals surface area contributed by atoms with Crippen LogP contribution in [-0.2, 0) is 26.9 Å². The lowest BCUT2D eigenvalue weighted by atomic mass is 10.0. The maximum absolute atomic E-state index is 13.2. The first-order valence-electron chi connectivity index (χ1n) is 10.2. The standard InChI is InChI=1S/C23H25ClN2O3S/c1-17-6-4-5-13-26(17)23(27)15-25-14-22(20-7-2-3-8-21(20)25)30(28,29)16-18-9-11-19(24)12-10-18/h2-3,7-12,14,17H,4-6,13,15-16H2,1H3. The molecule has 1 aliphatic rings. The van der Waals surface area contributed by atoms with Gasteiger partial charge in [0, 0.05) is 34.7 Å². The molecule has 2 aromatic carbocycles. The summed E-state index contributed by atoms with van der Waals surface area (Å²) in [4.78, 5) is 15.1. The van der Waals surface area contributed by atoms with Crippen molar-refractivity contribution in [2.45, 2.75) is 49.4 Å². The van der Waals surface area contributed by atoms with Crippen LogP contribution >= 0.6 is 11.6 Å². The molecular weight excluding hydrogens is 420 g/mol. The Labute approximate surface area is 182 Å². The molecule has 1 fully saturated rings. The third-order valence-corrected chi connectivity index (χ3v) is 7.75. The molecule has 158 valence electrons. The first-order valence-corrected chi connectivity index (χ1v) is 12.2. The van der Waals surface area contributed by atoms with E-state index in [9.17, 15) is 13.2 Å². The lowest BCUT2D eigenvalue weighted by Gasteiger charge is -2.33. The van der Waals surface area contributed by atoms with Crippen molar-refractivity contribution in [1.29, 1.82) is 0 Å². The van der Waals surface area contributed by atoms with Gasteiger partial charge in [0.2, 0.25) is 5.91 Å². The summed E-state index contributed by atoms with van der Waals surface area (Å²) in [6.45, 7) is 2.98. The quantitative estimate of drug-likeness (QED) is 0.574. The van der Waals surface area contributed by atoms with Gasteiger partial charge >= 0.3 is 0 Å². The Hall–Kier alpha value is -2.31. The van der Waals surface area contributed by atoms with Gasteiger partial charge in [0.25, 0.3) is 0 Å². The van der Waals surface area contributed by atoms with Crippen molar-refractivity contribution in [3.8, 4) is 0 Å². The molecule has 1 unspecified atom stereocenters. The molecule has 1 saturated heterocycles. The van der Waals surface area contributed by atoms with Crippen LogP contribution in [0.15, 0.2) is 59.6 Å². The summed E-state index contributed by atoms with van der Waals surface area (Å²) < 4.78 is 28.2. The smallest absolute Gasteiger partial charge is 0.242 e. The molecule has 0 saturated carbocycles. The molecule has 0 radical (unpaired) electrons. The molecule has 1 aromatic heterocycles. The third kappa shape index (κ3) is 4.25. The number of aromatic nitrogens is 1. The molecule has 30 heavy (non-hydrogen) atoms. The maximum Gasteiger partial charge on any atom is 0.242 e. The second kappa shape index (κ2) is 8.44. The molecule has 1 aliphatic heterocycles. The number of amides is 1. The van der Waals surface area contributed by atoms with Crippen LogP contribution < -0.4 is 0 Å².